The highest BCUT2D eigenvalue weighted by atomic mass is 16.2. The lowest BCUT2D eigenvalue weighted by Gasteiger charge is -2.23. The molecular formula is C14H23N3O. The number of amides is 1. The zero-order valence-corrected chi connectivity index (χ0v) is 11.2. The van der Waals surface area contributed by atoms with Crippen molar-refractivity contribution in [1.82, 2.24) is 4.90 Å². The summed E-state index contributed by atoms with van der Waals surface area (Å²) in [6.45, 7) is 5.92. The molecule has 1 rings (SSSR count). The topological polar surface area (TPSA) is 58.4 Å². The molecule has 1 unspecified atom stereocenters. The lowest BCUT2D eigenvalue weighted by molar-refractivity contribution is -0.131. The van der Waals surface area contributed by atoms with E-state index >= 15 is 0 Å². The SMILES string of the molecule is CCN(CC)C(=O)CC(CN)Nc1ccccc1. The molecule has 0 aliphatic heterocycles. The van der Waals surface area contributed by atoms with Crippen molar-refractivity contribution >= 4 is 11.6 Å². The molecule has 0 fully saturated rings. The maximum atomic E-state index is 12.0. The third-order valence-corrected chi connectivity index (χ3v) is 2.97. The predicted molar refractivity (Wildman–Crippen MR) is 75.5 cm³/mol. The van der Waals surface area contributed by atoms with Gasteiger partial charge >= 0.3 is 0 Å². The Bertz CT molecular complexity index is 349. The lowest BCUT2D eigenvalue weighted by atomic mass is 10.1. The molecular weight excluding hydrogens is 226 g/mol. The smallest absolute Gasteiger partial charge is 0.224 e. The van der Waals surface area contributed by atoms with Gasteiger partial charge in [-0.25, -0.2) is 0 Å². The first kappa shape index (κ1) is 14.5. The van der Waals surface area contributed by atoms with Gasteiger partial charge in [-0.15, -0.1) is 0 Å². The molecule has 0 saturated carbocycles. The van der Waals surface area contributed by atoms with Gasteiger partial charge in [0.15, 0.2) is 0 Å². The number of hydrogen-bond acceptors (Lipinski definition) is 3. The van der Waals surface area contributed by atoms with E-state index in [4.69, 9.17) is 5.73 Å². The Balaban J connectivity index is 2.54. The molecule has 0 bridgehead atoms. The molecule has 0 aliphatic rings. The summed E-state index contributed by atoms with van der Waals surface area (Å²) >= 11 is 0. The lowest BCUT2D eigenvalue weighted by Crippen LogP contribution is -2.38. The Kier molecular flexibility index (Phi) is 6.22. The van der Waals surface area contributed by atoms with Crippen molar-refractivity contribution in [2.45, 2.75) is 26.3 Å². The third-order valence-electron chi connectivity index (χ3n) is 2.97. The summed E-state index contributed by atoms with van der Waals surface area (Å²) in [5, 5.41) is 3.29. The molecule has 0 aromatic heterocycles. The van der Waals surface area contributed by atoms with Crippen LogP contribution in [-0.4, -0.2) is 36.5 Å². The number of carbonyl (C=O) groups excluding carboxylic acids is 1. The number of rotatable bonds is 7. The number of benzene rings is 1. The Labute approximate surface area is 109 Å². The van der Waals surface area contributed by atoms with E-state index in [1.54, 1.807) is 0 Å². The maximum Gasteiger partial charge on any atom is 0.224 e. The number of anilines is 1. The molecule has 18 heavy (non-hydrogen) atoms. The summed E-state index contributed by atoms with van der Waals surface area (Å²) in [5.74, 6) is 0.152. The summed E-state index contributed by atoms with van der Waals surface area (Å²) in [6, 6.07) is 9.82. The van der Waals surface area contributed by atoms with Gasteiger partial charge in [0.2, 0.25) is 5.91 Å². The van der Waals surface area contributed by atoms with E-state index in [9.17, 15) is 4.79 Å². The number of para-hydroxylation sites is 1. The van der Waals surface area contributed by atoms with E-state index in [0.29, 0.717) is 13.0 Å². The van der Waals surface area contributed by atoms with Crippen molar-refractivity contribution < 1.29 is 4.79 Å². The highest BCUT2D eigenvalue weighted by Crippen LogP contribution is 2.09. The van der Waals surface area contributed by atoms with Gasteiger partial charge < -0.3 is 16.0 Å². The van der Waals surface area contributed by atoms with Crippen LogP contribution in [0.2, 0.25) is 0 Å². The third kappa shape index (κ3) is 4.37. The first-order valence-corrected chi connectivity index (χ1v) is 6.50. The minimum Gasteiger partial charge on any atom is -0.381 e. The van der Waals surface area contributed by atoms with E-state index in [1.165, 1.54) is 0 Å². The second-order valence-corrected chi connectivity index (χ2v) is 4.21. The van der Waals surface area contributed by atoms with Crippen LogP contribution in [0.15, 0.2) is 30.3 Å². The van der Waals surface area contributed by atoms with E-state index < -0.39 is 0 Å². The largest absolute Gasteiger partial charge is 0.381 e. The molecule has 1 aromatic carbocycles. The molecule has 3 N–H and O–H groups in total. The Hall–Kier alpha value is -1.55. The van der Waals surface area contributed by atoms with Crippen LogP contribution in [0.3, 0.4) is 0 Å². The average Bonchev–Trinajstić information content (AvgIpc) is 2.40. The van der Waals surface area contributed by atoms with Crippen molar-refractivity contribution in [3.05, 3.63) is 30.3 Å². The fourth-order valence-corrected chi connectivity index (χ4v) is 1.88. The van der Waals surface area contributed by atoms with Crippen molar-refractivity contribution in [2.75, 3.05) is 25.0 Å². The second kappa shape index (κ2) is 7.71. The highest BCUT2D eigenvalue weighted by molar-refractivity contribution is 5.77. The fourth-order valence-electron chi connectivity index (χ4n) is 1.88. The first-order valence-electron chi connectivity index (χ1n) is 6.50. The molecule has 1 amide bonds. The highest BCUT2D eigenvalue weighted by Gasteiger charge is 2.16. The van der Waals surface area contributed by atoms with Crippen LogP contribution >= 0.6 is 0 Å². The van der Waals surface area contributed by atoms with Crippen LogP contribution in [0.1, 0.15) is 20.3 Å². The van der Waals surface area contributed by atoms with Gasteiger partial charge in [0, 0.05) is 37.8 Å². The van der Waals surface area contributed by atoms with Crippen LogP contribution in [0.25, 0.3) is 0 Å². The fraction of sp³-hybridized carbons (Fsp3) is 0.500. The Morgan fingerprint density at radius 1 is 1.28 bits per heavy atom. The number of nitrogens with two attached hydrogens (primary N) is 1. The van der Waals surface area contributed by atoms with Gasteiger partial charge in [-0.1, -0.05) is 18.2 Å². The zero-order chi connectivity index (χ0) is 13.4. The van der Waals surface area contributed by atoms with Crippen LogP contribution in [0.5, 0.6) is 0 Å². The number of nitrogens with one attached hydrogen (secondary N) is 1. The van der Waals surface area contributed by atoms with Gasteiger partial charge in [-0.05, 0) is 26.0 Å². The van der Waals surface area contributed by atoms with Crippen molar-refractivity contribution in [2.24, 2.45) is 5.73 Å². The second-order valence-electron chi connectivity index (χ2n) is 4.21. The van der Waals surface area contributed by atoms with Crippen LogP contribution in [0.4, 0.5) is 5.69 Å². The molecule has 0 saturated heterocycles. The summed E-state index contributed by atoms with van der Waals surface area (Å²) in [5.41, 5.74) is 6.72. The summed E-state index contributed by atoms with van der Waals surface area (Å²) < 4.78 is 0. The number of nitrogens with zero attached hydrogens (tertiary/aromatic N) is 1. The molecule has 100 valence electrons. The van der Waals surface area contributed by atoms with E-state index in [2.05, 4.69) is 5.32 Å². The van der Waals surface area contributed by atoms with Crippen molar-refractivity contribution in [1.29, 1.82) is 0 Å². The van der Waals surface area contributed by atoms with Crippen molar-refractivity contribution in [3.63, 3.8) is 0 Å². The van der Waals surface area contributed by atoms with Crippen LogP contribution in [-0.2, 0) is 4.79 Å². The van der Waals surface area contributed by atoms with Gasteiger partial charge in [0.1, 0.15) is 0 Å². The van der Waals surface area contributed by atoms with Gasteiger partial charge in [0.05, 0.1) is 0 Å². The normalized spacial score (nSPS) is 11.9. The molecule has 4 heteroatoms. The zero-order valence-electron chi connectivity index (χ0n) is 11.2. The Morgan fingerprint density at radius 3 is 2.39 bits per heavy atom. The van der Waals surface area contributed by atoms with Crippen molar-refractivity contribution in [3.8, 4) is 0 Å². The standard InChI is InChI=1S/C14H23N3O/c1-3-17(4-2)14(18)10-13(11-15)16-12-8-6-5-7-9-12/h5-9,13,16H,3-4,10-11,15H2,1-2H3. The monoisotopic (exact) mass is 249 g/mol. The van der Waals surface area contributed by atoms with Gasteiger partial charge in [0.25, 0.3) is 0 Å². The quantitative estimate of drug-likeness (QED) is 0.773. The summed E-state index contributed by atoms with van der Waals surface area (Å²) in [6.07, 6.45) is 0.438. The van der Waals surface area contributed by atoms with Crippen LogP contribution < -0.4 is 11.1 Å². The van der Waals surface area contributed by atoms with E-state index in [1.807, 2.05) is 49.1 Å². The Morgan fingerprint density at radius 2 is 1.89 bits per heavy atom. The van der Waals surface area contributed by atoms with Gasteiger partial charge in [-0.3, -0.25) is 4.79 Å². The van der Waals surface area contributed by atoms with Crippen LogP contribution in [0, 0.1) is 0 Å². The molecule has 0 spiro atoms. The van der Waals surface area contributed by atoms with E-state index in [-0.39, 0.29) is 11.9 Å². The number of hydrogen-bond donors (Lipinski definition) is 2. The maximum absolute atomic E-state index is 12.0. The minimum atomic E-state index is -0.0134. The number of carbonyl (C=O) groups is 1. The molecule has 4 nitrogen and oxygen atoms in total. The summed E-state index contributed by atoms with van der Waals surface area (Å²) in [7, 11) is 0. The first-order chi connectivity index (χ1) is 8.71. The van der Waals surface area contributed by atoms with Gasteiger partial charge in [-0.2, -0.15) is 0 Å². The average molecular weight is 249 g/mol. The molecule has 1 atom stereocenters. The predicted octanol–water partition coefficient (Wildman–Crippen LogP) is 1.68. The molecule has 0 heterocycles. The van der Waals surface area contributed by atoms with E-state index in [0.717, 1.165) is 18.8 Å². The molecule has 0 aliphatic carbocycles. The molecule has 1 aromatic rings. The summed E-state index contributed by atoms with van der Waals surface area (Å²) in [4.78, 5) is 13.8. The minimum absolute atomic E-state index is 0.0134. The molecule has 0 radical (unpaired) electrons.